The van der Waals surface area contributed by atoms with Gasteiger partial charge in [-0.1, -0.05) is 18.5 Å². The summed E-state index contributed by atoms with van der Waals surface area (Å²) < 4.78 is 0. The van der Waals surface area contributed by atoms with Crippen molar-refractivity contribution in [2.75, 3.05) is 24.5 Å². The highest BCUT2D eigenvalue weighted by Gasteiger charge is 2.18. The lowest BCUT2D eigenvalue weighted by Gasteiger charge is -2.34. The van der Waals surface area contributed by atoms with Gasteiger partial charge in [0.25, 0.3) is 0 Å². The molecule has 0 unspecified atom stereocenters. The summed E-state index contributed by atoms with van der Waals surface area (Å²) in [5.41, 5.74) is 2.51. The van der Waals surface area contributed by atoms with Crippen molar-refractivity contribution in [2.24, 2.45) is 0 Å². The third-order valence-corrected chi connectivity index (χ3v) is 3.60. The minimum atomic E-state index is 0.691. The van der Waals surface area contributed by atoms with Crippen molar-refractivity contribution < 1.29 is 0 Å². The molecule has 0 amide bonds. The van der Waals surface area contributed by atoms with Crippen LogP contribution in [0.1, 0.15) is 25.3 Å². The van der Waals surface area contributed by atoms with Gasteiger partial charge < -0.3 is 10.2 Å². The normalized spacial score (nSPS) is 17.5. The van der Waals surface area contributed by atoms with Crippen LogP contribution in [0, 0.1) is 6.92 Å². The third kappa shape index (κ3) is 3.36. The molecule has 94 valence electrons. The summed E-state index contributed by atoms with van der Waals surface area (Å²) in [6.45, 7) is 7.59. The Hall–Kier alpha value is -0.730. The molecule has 0 bridgehead atoms. The van der Waals surface area contributed by atoms with Gasteiger partial charge in [0.2, 0.25) is 0 Å². The molecule has 17 heavy (non-hydrogen) atoms. The molecule has 1 N–H and O–H groups in total. The lowest BCUT2D eigenvalue weighted by molar-refractivity contribution is 0.424. The molecule has 3 heteroatoms. The number of nitrogens with one attached hydrogen (secondary N) is 1. The smallest absolute Gasteiger partial charge is 0.0429 e. The van der Waals surface area contributed by atoms with Crippen LogP contribution in [0.4, 0.5) is 5.69 Å². The highest BCUT2D eigenvalue weighted by molar-refractivity contribution is 6.30. The summed E-state index contributed by atoms with van der Waals surface area (Å²) in [5.74, 6) is 0. The van der Waals surface area contributed by atoms with Crippen molar-refractivity contribution in [2.45, 2.75) is 32.7 Å². The van der Waals surface area contributed by atoms with Crippen LogP contribution in [0.5, 0.6) is 0 Å². The number of anilines is 1. The van der Waals surface area contributed by atoms with E-state index in [4.69, 9.17) is 11.6 Å². The SMILES string of the molecule is CCNC1CCN(c2cc(C)cc(Cl)c2)CC1. The molecule has 2 nitrogen and oxygen atoms in total. The van der Waals surface area contributed by atoms with Gasteiger partial charge in [-0.05, 0) is 50.1 Å². The van der Waals surface area contributed by atoms with Crippen LogP contribution in [-0.2, 0) is 0 Å². The molecular formula is C14H21ClN2. The number of halogens is 1. The quantitative estimate of drug-likeness (QED) is 0.889. The topological polar surface area (TPSA) is 15.3 Å². The predicted octanol–water partition coefficient (Wildman–Crippen LogP) is 3.23. The van der Waals surface area contributed by atoms with Gasteiger partial charge in [0.1, 0.15) is 0 Å². The van der Waals surface area contributed by atoms with Gasteiger partial charge in [-0.2, -0.15) is 0 Å². The van der Waals surface area contributed by atoms with E-state index in [0.29, 0.717) is 6.04 Å². The largest absolute Gasteiger partial charge is 0.371 e. The maximum Gasteiger partial charge on any atom is 0.0429 e. The van der Waals surface area contributed by atoms with Crippen LogP contribution in [0.15, 0.2) is 18.2 Å². The summed E-state index contributed by atoms with van der Waals surface area (Å²) in [5, 5.41) is 4.37. The lowest BCUT2D eigenvalue weighted by atomic mass is 10.0. The van der Waals surface area contributed by atoms with Gasteiger partial charge in [0.15, 0.2) is 0 Å². The van der Waals surface area contributed by atoms with E-state index in [1.807, 2.05) is 6.07 Å². The molecule has 0 aromatic heterocycles. The molecule has 1 aliphatic rings. The molecule has 0 saturated carbocycles. The van der Waals surface area contributed by atoms with Gasteiger partial charge in [-0.25, -0.2) is 0 Å². The van der Waals surface area contributed by atoms with E-state index in [1.165, 1.54) is 24.1 Å². The maximum atomic E-state index is 6.11. The molecule has 1 aliphatic heterocycles. The first-order valence-electron chi connectivity index (χ1n) is 6.44. The minimum Gasteiger partial charge on any atom is -0.371 e. The molecule has 1 aromatic rings. The van der Waals surface area contributed by atoms with Crippen LogP contribution in [0.2, 0.25) is 5.02 Å². The lowest BCUT2D eigenvalue weighted by Crippen LogP contribution is -2.42. The number of nitrogens with zero attached hydrogens (tertiary/aromatic N) is 1. The van der Waals surface area contributed by atoms with Gasteiger partial charge >= 0.3 is 0 Å². The number of hydrogen-bond acceptors (Lipinski definition) is 2. The Morgan fingerprint density at radius 2 is 2.00 bits per heavy atom. The first-order valence-corrected chi connectivity index (χ1v) is 6.82. The van der Waals surface area contributed by atoms with E-state index in [-0.39, 0.29) is 0 Å². The highest BCUT2D eigenvalue weighted by Crippen LogP contribution is 2.25. The zero-order valence-corrected chi connectivity index (χ0v) is 11.4. The van der Waals surface area contributed by atoms with E-state index in [2.05, 4.69) is 36.2 Å². The van der Waals surface area contributed by atoms with Crippen LogP contribution in [0.25, 0.3) is 0 Å². The molecule has 0 atom stereocenters. The predicted molar refractivity (Wildman–Crippen MR) is 75.1 cm³/mol. The van der Waals surface area contributed by atoms with Crippen molar-refractivity contribution in [3.63, 3.8) is 0 Å². The van der Waals surface area contributed by atoms with Crippen molar-refractivity contribution in [1.29, 1.82) is 0 Å². The summed E-state index contributed by atoms with van der Waals surface area (Å²) in [4.78, 5) is 2.44. The molecule has 0 spiro atoms. The minimum absolute atomic E-state index is 0.691. The van der Waals surface area contributed by atoms with Gasteiger partial charge in [0.05, 0.1) is 0 Å². The Labute approximate surface area is 109 Å². The molecule has 1 saturated heterocycles. The van der Waals surface area contributed by atoms with E-state index >= 15 is 0 Å². The van der Waals surface area contributed by atoms with E-state index < -0.39 is 0 Å². The second-order valence-corrected chi connectivity index (χ2v) is 5.24. The van der Waals surface area contributed by atoms with Gasteiger partial charge in [-0.15, -0.1) is 0 Å². The zero-order chi connectivity index (χ0) is 12.3. The Kier molecular flexibility index (Phi) is 4.30. The average Bonchev–Trinajstić information content (AvgIpc) is 2.29. The fourth-order valence-electron chi connectivity index (χ4n) is 2.53. The van der Waals surface area contributed by atoms with Crippen LogP contribution in [0.3, 0.4) is 0 Å². The standard InChI is InChI=1S/C14H21ClN2/c1-3-16-13-4-6-17(7-5-13)14-9-11(2)8-12(15)10-14/h8-10,13,16H,3-7H2,1-2H3. The van der Waals surface area contributed by atoms with Crippen LogP contribution >= 0.6 is 11.6 Å². The van der Waals surface area contributed by atoms with Crippen LogP contribution < -0.4 is 10.2 Å². The number of aryl methyl sites for hydroxylation is 1. The molecule has 2 rings (SSSR count). The summed E-state index contributed by atoms with van der Waals surface area (Å²) in [6.07, 6.45) is 2.44. The monoisotopic (exact) mass is 252 g/mol. The third-order valence-electron chi connectivity index (χ3n) is 3.38. The van der Waals surface area contributed by atoms with E-state index in [1.54, 1.807) is 0 Å². The molecule has 0 radical (unpaired) electrons. The van der Waals surface area contributed by atoms with Gasteiger partial charge in [0, 0.05) is 29.8 Å². The average molecular weight is 253 g/mol. The number of piperidine rings is 1. The zero-order valence-electron chi connectivity index (χ0n) is 10.7. The Bertz CT molecular complexity index is 350. The Morgan fingerprint density at radius 1 is 1.29 bits per heavy atom. The summed E-state index contributed by atoms with van der Waals surface area (Å²) >= 11 is 6.11. The number of rotatable bonds is 3. The molecule has 0 aliphatic carbocycles. The van der Waals surface area contributed by atoms with Crippen molar-refractivity contribution >= 4 is 17.3 Å². The summed E-state index contributed by atoms with van der Waals surface area (Å²) in [7, 11) is 0. The van der Waals surface area contributed by atoms with E-state index in [0.717, 1.165) is 24.7 Å². The number of hydrogen-bond donors (Lipinski definition) is 1. The van der Waals surface area contributed by atoms with Crippen LogP contribution in [-0.4, -0.2) is 25.7 Å². The first-order chi connectivity index (χ1) is 8.19. The fraction of sp³-hybridized carbons (Fsp3) is 0.571. The number of benzene rings is 1. The van der Waals surface area contributed by atoms with Crippen molar-refractivity contribution in [3.05, 3.63) is 28.8 Å². The molecule has 1 fully saturated rings. The molecular weight excluding hydrogens is 232 g/mol. The Balaban J connectivity index is 2.00. The summed E-state index contributed by atoms with van der Waals surface area (Å²) in [6, 6.07) is 6.99. The maximum absolute atomic E-state index is 6.11. The Morgan fingerprint density at radius 3 is 2.59 bits per heavy atom. The molecule has 1 aromatic carbocycles. The fourth-order valence-corrected chi connectivity index (χ4v) is 2.81. The van der Waals surface area contributed by atoms with Gasteiger partial charge in [-0.3, -0.25) is 0 Å². The second-order valence-electron chi connectivity index (χ2n) is 4.81. The molecule has 1 heterocycles. The second kappa shape index (κ2) is 5.74. The van der Waals surface area contributed by atoms with Crippen molar-refractivity contribution in [1.82, 2.24) is 5.32 Å². The highest BCUT2D eigenvalue weighted by atomic mass is 35.5. The van der Waals surface area contributed by atoms with E-state index in [9.17, 15) is 0 Å². The van der Waals surface area contributed by atoms with Crippen molar-refractivity contribution in [3.8, 4) is 0 Å². The first kappa shape index (κ1) is 12.7.